The molecule has 1 aliphatic rings. The van der Waals surface area contributed by atoms with E-state index in [1.165, 1.54) is 6.20 Å². The Hall–Kier alpha value is -2.83. The van der Waals surface area contributed by atoms with Crippen LogP contribution in [0.15, 0.2) is 29.2 Å². The first-order chi connectivity index (χ1) is 11.6. The first-order valence-corrected chi connectivity index (χ1v) is 7.70. The lowest BCUT2D eigenvalue weighted by atomic mass is 9.96. The number of hydrogen-bond donors (Lipinski definition) is 2. The first kappa shape index (κ1) is 16.0. The van der Waals surface area contributed by atoms with Crippen LogP contribution in [0.2, 0.25) is 0 Å². The molecule has 1 atom stereocenters. The van der Waals surface area contributed by atoms with Gasteiger partial charge in [-0.15, -0.1) is 0 Å². The monoisotopic (exact) mass is 329 g/mol. The van der Waals surface area contributed by atoms with Gasteiger partial charge in [0, 0.05) is 24.7 Å². The van der Waals surface area contributed by atoms with Crippen LogP contribution in [0.4, 0.5) is 0 Å². The topological polar surface area (TPSA) is 93.3 Å². The van der Waals surface area contributed by atoms with Crippen molar-refractivity contribution in [3.63, 3.8) is 0 Å². The van der Waals surface area contributed by atoms with Crippen molar-refractivity contribution in [3.8, 4) is 11.5 Å². The average Bonchev–Trinajstić information content (AvgIpc) is 2.59. The summed E-state index contributed by atoms with van der Waals surface area (Å²) in [6.07, 6.45) is 2.09. The molecule has 0 fully saturated rings. The quantitative estimate of drug-likeness (QED) is 0.875. The summed E-state index contributed by atoms with van der Waals surface area (Å²) in [4.78, 5) is 30.4. The standard InChI is InChI=1S/C17H19N3O4/c1-10-18-8-14(17(22)20-10)16(21)19-7-11-5-12-3-4-13(23-2)6-15(12)24-9-11/h3-4,6,8,11H,5,7,9H2,1-2H3,(H,19,21)(H,18,20,22)/t11-/m1/s1. The molecule has 2 N–H and O–H groups in total. The van der Waals surface area contributed by atoms with Gasteiger partial charge in [-0.1, -0.05) is 6.07 Å². The van der Waals surface area contributed by atoms with E-state index in [2.05, 4.69) is 15.3 Å². The van der Waals surface area contributed by atoms with Gasteiger partial charge in [0.25, 0.3) is 11.5 Å². The largest absolute Gasteiger partial charge is 0.497 e. The highest BCUT2D eigenvalue weighted by Crippen LogP contribution is 2.30. The van der Waals surface area contributed by atoms with Crippen LogP contribution >= 0.6 is 0 Å². The van der Waals surface area contributed by atoms with E-state index in [9.17, 15) is 9.59 Å². The van der Waals surface area contributed by atoms with Crippen LogP contribution in [-0.2, 0) is 6.42 Å². The molecule has 0 spiro atoms. The number of amides is 1. The minimum absolute atomic E-state index is 0.0162. The molecule has 2 aromatic rings. The molecule has 1 aliphatic heterocycles. The number of aryl methyl sites for hydroxylation is 1. The first-order valence-electron chi connectivity index (χ1n) is 7.70. The highest BCUT2D eigenvalue weighted by Gasteiger charge is 2.21. The van der Waals surface area contributed by atoms with Crippen LogP contribution in [0.1, 0.15) is 21.7 Å². The summed E-state index contributed by atoms with van der Waals surface area (Å²) in [6, 6.07) is 5.72. The van der Waals surface area contributed by atoms with Crippen molar-refractivity contribution in [1.29, 1.82) is 0 Å². The number of aromatic nitrogens is 2. The van der Waals surface area contributed by atoms with E-state index in [0.29, 0.717) is 19.0 Å². The molecular formula is C17H19N3O4. The minimum Gasteiger partial charge on any atom is -0.497 e. The van der Waals surface area contributed by atoms with Crippen molar-refractivity contribution < 1.29 is 14.3 Å². The van der Waals surface area contributed by atoms with Crippen molar-refractivity contribution in [2.45, 2.75) is 13.3 Å². The number of carbonyl (C=O) groups is 1. The molecule has 0 aliphatic carbocycles. The van der Waals surface area contributed by atoms with Crippen LogP contribution in [0.25, 0.3) is 0 Å². The second kappa shape index (κ2) is 6.74. The maximum Gasteiger partial charge on any atom is 0.263 e. The maximum absolute atomic E-state index is 12.1. The van der Waals surface area contributed by atoms with E-state index < -0.39 is 11.5 Å². The normalized spacial score (nSPS) is 16.0. The highest BCUT2D eigenvalue weighted by atomic mass is 16.5. The van der Waals surface area contributed by atoms with E-state index >= 15 is 0 Å². The van der Waals surface area contributed by atoms with Crippen LogP contribution in [-0.4, -0.2) is 36.1 Å². The van der Waals surface area contributed by atoms with Crippen LogP contribution < -0.4 is 20.3 Å². The number of nitrogens with zero attached hydrogens (tertiary/aromatic N) is 1. The van der Waals surface area contributed by atoms with E-state index in [4.69, 9.17) is 9.47 Å². The number of methoxy groups -OCH3 is 1. The van der Waals surface area contributed by atoms with Gasteiger partial charge in [0.1, 0.15) is 22.9 Å². The minimum atomic E-state index is -0.433. The van der Waals surface area contributed by atoms with Crippen LogP contribution in [0.3, 0.4) is 0 Å². The maximum atomic E-state index is 12.1. The van der Waals surface area contributed by atoms with Crippen molar-refractivity contribution in [1.82, 2.24) is 15.3 Å². The van der Waals surface area contributed by atoms with Crippen LogP contribution in [0, 0.1) is 12.8 Å². The molecule has 0 saturated carbocycles. The Bertz CT molecular complexity index is 816. The molecule has 1 amide bonds. The molecule has 7 nitrogen and oxygen atoms in total. The molecule has 126 valence electrons. The number of hydrogen-bond acceptors (Lipinski definition) is 5. The van der Waals surface area contributed by atoms with Crippen molar-refractivity contribution in [2.24, 2.45) is 5.92 Å². The Morgan fingerprint density at radius 2 is 2.33 bits per heavy atom. The Kier molecular flexibility index (Phi) is 4.50. The fourth-order valence-corrected chi connectivity index (χ4v) is 2.65. The number of H-pyrrole nitrogens is 1. The van der Waals surface area contributed by atoms with Crippen molar-refractivity contribution in [3.05, 3.63) is 51.7 Å². The number of benzene rings is 1. The molecule has 0 radical (unpaired) electrons. The summed E-state index contributed by atoms with van der Waals surface area (Å²) >= 11 is 0. The number of rotatable bonds is 4. The fraction of sp³-hybridized carbons (Fsp3) is 0.353. The lowest BCUT2D eigenvalue weighted by Crippen LogP contribution is -2.37. The molecule has 0 bridgehead atoms. The van der Waals surface area contributed by atoms with Gasteiger partial charge in [-0.05, 0) is 25.0 Å². The van der Waals surface area contributed by atoms with Gasteiger partial charge in [0.2, 0.25) is 0 Å². The number of nitrogens with one attached hydrogen (secondary N) is 2. The Morgan fingerprint density at radius 1 is 1.50 bits per heavy atom. The molecule has 1 aromatic carbocycles. The third-order valence-electron chi connectivity index (χ3n) is 3.98. The van der Waals surface area contributed by atoms with Crippen molar-refractivity contribution >= 4 is 5.91 Å². The zero-order valence-electron chi connectivity index (χ0n) is 13.6. The number of aromatic amines is 1. The van der Waals surface area contributed by atoms with Gasteiger partial charge in [-0.25, -0.2) is 4.98 Å². The Morgan fingerprint density at radius 3 is 3.08 bits per heavy atom. The highest BCUT2D eigenvalue weighted by molar-refractivity contribution is 5.93. The summed E-state index contributed by atoms with van der Waals surface area (Å²) in [5, 5.41) is 2.78. The third kappa shape index (κ3) is 3.40. The molecule has 7 heteroatoms. The van der Waals surface area contributed by atoms with Gasteiger partial charge < -0.3 is 19.8 Å². The molecule has 24 heavy (non-hydrogen) atoms. The molecule has 3 rings (SSSR count). The van der Waals surface area contributed by atoms with E-state index in [1.807, 2.05) is 18.2 Å². The smallest absolute Gasteiger partial charge is 0.263 e. The predicted octanol–water partition coefficient (Wildman–Crippen LogP) is 1.07. The number of ether oxygens (including phenoxy) is 2. The van der Waals surface area contributed by atoms with Gasteiger partial charge in [-0.3, -0.25) is 9.59 Å². The summed E-state index contributed by atoms with van der Waals surface area (Å²) in [5.74, 6) is 1.77. The number of fused-ring (bicyclic) bond motifs is 1. The lowest BCUT2D eigenvalue weighted by molar-refractivity contribution is 0.0937. The average molecular weight is 329 g/mol. The molecule has 0 saturated heterocycles. The van der Waals surface area contributed by atoms with Gasteiger partial charge in [-0.2, -0.15) is 0 Å². The summed E-state index contributed by atoms with van der Waals surface area (Å²) < 4.78 is 10.9. The van der Waals surface area contributed by atoms with E-state index in [-0.39, 0.29) is 11.5 Å². The van der Waals surface area contributed by atoms with Gasteiger partial charge in [0.15, 0.2) is 0 Å². The van der Waals surface area contributed by atoms with E-state index in [0.717, 1.165) is 23.5 Å². The molecule has 2 heterocycles. The fourth-order valence-electron chi connectivity index (χ4n) is 2.65. The lowest BCUT2D eigenvalue weighted by Gasteiger charge is -2.25. The molecule has 1 aromatic heterocycles. The molecular weight excluding hydrogens is 310 g/mol. The Balaban J connectivity index is 1.61. The third-order valence-corrected chi connectivity index (χ3v) is 3.98. The second-order valence-electron chi connectivity index (χ2n) is 5.78. The molecule has 0 unspecified atom stereocenters. The zero-order valence-corrected chi connectivity index (χ0v) is 13.6. The second-order valence-corrected chi connectivity index (χ2v) is 5.78. The van der Waals surface area contributed by atoms with E-state index in [1.54, 1.807) is 14.0 Å². The number of carbonyl (C=O) groups excluding carboxylic acids is 1. The van der Waals surface area contributed by atoms with Gasteiger partial charge >= 0.3 is 0 Å². The zero-order chi connectivity index (χ0) is 17.1. The van der Waals surface area contributed by atoms with Gasteiger partial charge in [0.05, 0.1) is 13.7 Å². The summed E-state index contributed by atoms with van der Waals surface area (Å²) in [7, 11) is 1.62. The predicted molar refractivity (Wildman–Crippen MR) is 87.6 cm³/mol. The SMILES string of the molecule is COc1ccc2c(c1)OC[C@@H](CNC(=O)c1cnc(C)[nH]c1=O)C2. The Labute approximate surface area is 139 Å². The van der Waals surface area contributed by atoms with Crippen molar-refractivity contribution in [2.75, 3.05) is 20.3 Å². The van der Waals surface area contributed by atoms with Crippen LogP contribution in [0.5, 0.6) is 11.5 Å². The summed E-state index contributed by atoms with van der Waals surface area (Å²) in [6.45, 7) is 2.59. The summed E-state index contributed by atoms with van der Waals surface area (Å²) in [5.41, 5.74) is 0.663.